The van der Waals surface area contributed by atoms with Gasteiger partial charge in [-0.2, -0.15) is 9.61 Å². The van der Waals surface area contributed by atoms with Crippen molar-refractivity contribution in [2.45, 2.75) is 33.1 Å². The second-order valence-corrected chi connectivity index (χ2v) is 7.84. The molecule has 2 heterocycles. The van der Waals surface area contributed by atoms with Crippen LogP contribution >= 0.6 is 11.3 Å². The first kappa shape index (κ1) is 20.0. The van der Waals surface area contributed by atoms with Crippen LogP contribution in [0.15, 0.2) is 48.5 Å². The Hall–Kier alpha value is -3.26. The van der Waals surface area contributed by atoms with E-state index in [4.69, 9.17) is 4.74 Å². The van der Waals surface area contributed by atoms with Gasteiger partial charge < -0.3 is 10.1 Å². The molecule has 1 amide bonds. The van der Waals surface area contributed by atoms with Gasteiger partial charge in [-0.05, 0) is 42.7 Å². The summed E-state index contributed by atoms with van der Waals surface area (Å²) >= 11 is 1.48. The highest BCUT2D eigenvalue weighted by Crippen LogP contribution is 2.27. The van der Waals surface area contributed by atoms with Gasteiger partial charge in [0.15, 0.2) is 12.4 Å². The standard InChI is InChI=1S/C22H23N5O2S/c1-3-6-19-24-25-22-27(19)26-21(30-22)16-7-5-8-17(13-16)23-20(28)14-29-18-11-9-15(4-2)10-12-18/h5,7-13H,3-4,6,14H2,1-2H3,(H,23,28). The molecule has 0 aliphatic heterocycles. The van der Waals surface area contributed by atoms with E-state index >= 15 is 0 Å². The van der Waals surface area contributed by atoms with Gasteiger partial charge in [0.05, 0.1) is 0 Å². The van der Waals surface area contributed by atoms with E-state index in [9.17, 15) is 4.79 Å². The van der Waals surface area contributed by atoms with E-state index in [0.29, 0.717) is 11.4 Å². The molecule has 7 nitrogen and oxygen atoms in total. The van der Waals surface area contributed by atoms with Gasteiger partial charge in [-0.3, -0.25) is 4.79 Å². The molecule has 0 saturated carbocycles. The molecule has 0 aliphatic rings. The second kappa shape index (κ2) is 9.04. The summed E-state index contributed by atoms with van der Waals surface area (Å²) in [6, 6.07) is 15.4. The zero-order valence-electron chi connectivity index (χ0n) is 17.0. The second-order valence-electron chi connectivity index (χ2n) is 6.88. The summed E-state index contributed by atoms with van der Waals surface area (Å²) in [4.78, 5) is 13.1. The Morgan fingerprint density at radius 3 is 2.73 bits per heavy atom. The Labute approximate surface area is 178 Å². The summed E-state index contributed by atoms with van der Waals surface area (Å²) in [7, 11) is 0. The molecule has 2 aromatic heterocycles. The summed E-state index contributed by atoms with van der Waals surface area (Å²) in [5, 5.41) is 16.7. The van der Waals surface area contributed by atoms with E-state index in [1.807, 2.05) is 48.5 Å². The van der Waals surface area contributed by atoms with E-state index in [1.165, 1.54) is 16.9 Å². The van der Waals surface area contributed by atoms with Crippen molar-refractivity contribution in [2.24, 2.45) is 0 Å². The summed E-state index contributed by atoms with van der Waals surface area (Å²) in [6.45, 7) is 4.15. The Morgan fingerprint density at radius 2 is 1.97 bits per heavy atom. The van der Waals surface area contributed by atoms with Crippen LogP contribution in [0.2, 0.25) is 0 Å². The van der Waals surface area contributed by atoms with Gasteiger partial charge in [-0.1, -0.05) is 49.4 Å². The predicted molar refractivity (Wildman–Crippen MR) is 118 cm³/mol. The highest BCUT2D eigenvalue weighted by molar-refractivity contribution is 7.19. The number of carbonyl (C=O) groups is 1. The smallest absolute Gasteiger partial charge is 0.262 e. The van der Waals surface area contributed by atoms with Crippen LogP contribution in [0.5, 0.6) is 5.75 Å². The number of amides is 1. The first-order valence-electron chi connectivity index (χ1n) is 9.99. The molecule has 0 aliphatic carbocycles. The zero-order chi connectivity index (χ0) is 20.9. The Bertz CT molecular complexity index is 1150. The van der Waals surface area contributed by atoms with Crippen LogP contribution in [-0.4, -0.2) is 32.3 Å². The highest BCUT2D eigenvalue weighted by Gasteiger charge is 2.13. The Morgan fingerprint density at radius 1 is 1.13 bits per heavy atom. The number of rotatable bonds is 8. The van der Waals surface area contributed by atoms with Crippen molar-refractivity contribution >= 4 is 27.9 Å². The van der Waals surface area contributed by atoms with Crippen molar-refractivity contribution in [1.29, 1.82) is 0 Å². The molecule has 0 fully saturated rings. The minimum Gasteiger partial charge on any atom is -0.484 e. The van der Waals surface area contributed by atoms with E-state index in [2.05, 4.69) is 34.5 Å². The van der Waals surface area contributed by atoms with Gasteiger partial charge in [0.1, 0.15) is 10.8 Å². The predicted octanol–water partition coefficient (Wildman–Crippen LogP) is 4.39. The SMILES string of the molecule is CCCc1nnc2sc(-c3cccc(NC(=O)COc4ccc(CC)cc4)c3)nn12. The molecule has 0 bridgehead atoms. The third-order valence-electron chi connectivity index (χ3n) is 4.62. The fourth-order valence-corrected chi connectivity index (χ4v) is 3.91. The molecule has 0 atom stereocenters. The van der Waals surface area contributed by atoms with Crippen molar-refractivity contribution in [3.05, 3.63) is 59.9 Å². The van der Waals surface area contributed by atoms with Gasteiger partial charge in [-0.25, -0.2) is 0 Å². The minimum atomic E-state index is -0.213. The summed E-state index contributed by atoms with van der Waals surface area (Å²) in [6.07, 6.45) is 2.79. The molecule has 0 spiro atoms. The number of benzene rings is 2. The van der Waals surface area contributed by atoms with Crippen LogP contribution in [-0.2, 0) is 17.6 Å². The van der Waals surface area contributed by atoms with Crippen LogP contribution in [0.25, 0.3) is 15.5 Å². The van der Waals surface area contributed by atoms with Crippen molar-refractivity contribution in [1.82, 2.24) is 19.8 Å². The molecule has 2 aromatic carbocycles. The first-order chi connectivity index (χ1) is 14.7. The summed E-state index contributed by atoms with van der Waals surface area (Å²) < 4.78 is 7.38. The highest BCUT2D eigenvalue weighted by atomic mass is 32.1. The first-order valence-corrected chi connectivity index (χ1v) is 10.8. The van der Waals surface area contributed by atoms with Crippen LogP contribution in [0.1, 0.15) is 31.7 Å². The molecular weight excluding hydrogens is 398 g/mol. The minimum absolute atomic E-state index is 0.0488. The van der Waals surface area contributed by atoms with Gasteiger partial charge in [-0.15, -0.1) is 10.2 Å². The molecule has 4 rings (SSSR count). The molecule has 8 heteroatoms. The van der Waals surface area contributed by atoms with E-state index in [0.717, 1.165) is 40.6 Å². The maximum Gasteiger partial charge on any atom is 0.262 e. The molecule has 0 radical (unpaired) electrons. The Kier molecular flexibility index (Phi) is 6.04. The lowest BCUT2D eigenvalue weighted by Crippen LogP contribution is -2.20. The third-order valence-corrected chi connectivity index (χ3v) is 5.57. The number of aromatic nitrogens is 4. The number of ether oxygens (including phenoxy) is 1. The van der Waals surface area contributed by atoms with Crippen LogP contribution in [0, 0.1) is 0 Å². The van der Waals surface area contributed by atoms with Crippen LogP contribution in [0.3, 0.4) is 0 Å². The van der Waals surface area contributed by atoms with E-state index < -0.39 is 0 Å². The lowest BCUT2D eigenvalue weighted by atomic mass is 10.2. The zero-order valence-corrected chi connectivity index (χ0v) is 17.8. The number of aryl methyl sites for hydroxylation is 2. The van der Waals surface area contributed by atoms with E-state index in [1.54, 1.807) is 4.52 Å². The topological polar surface area (TPSA) is 81.4 Å². The molecule has 154 valence electrons. The summed E-state index contributed by atoms with van der Waals surface area (Å²) in [5.74, 6) is 1.33. The van der Waals surface area contributed by atoms with Crippen LogP contribution < -0.4 is 10.1 Å². The fourth-order valence-electron chi connectivity index (χ4n) is 3.05. The lowest BCUT2D eigenvalue weighted by Gasteiger charge is -2.08. The van der Waals surface area contributed by atoms with Gasteiger partial charge in [0, 0.05) is 17.7 Å². The number of hydrogen-bond donors (Lipinski definition) is 1. The third kappa shape index (κ3) is 4.49. The monoisotopic (exact) mass is 421 g/mol. The van der Waals surface area contributed by atoms with Gasteiger partial charge in [0.25, 0.3) is 5.91 Å². The number of hydrogen-bond acceptors (Lipinski definition) is 6. The largest absolute Gasteiger partial charge is 0.484 e. The van der Waals surface area contributed by atoms with Crippen molar-refractivity contribution in [3.8, 4) is 16.3 Å². The van der Waals surface area contributed by atoms with Crippen molar-refractivity contribution in [3.63, 3.8) is 0 Å². The fraction of sp³-hybridized carbons (Fsp3) is 0.273. The summed E-state index contributed by atoms with van der Waals surface area (Å²) in [5.41, 5.74) is 2.85. The van der Waals surface area contributed by atoms with Crippen molar-refractivity contribution in [2.75, 3.05) is 11.9 Å². The molecule has 0 unspecified atom stereocenters. The van der Waals surface area contributed by atoms with Crippen LogP contribution in [0.4, 0.5) is 5.69 Å². The van der Waals surface area contributed by atoms with Gasteiger partial charge in [0.2, 0.25) is 4.96 Å². The number of nitrogens with one attached hydrogen (secondary N) is 1. The average molecular weight is 422 g/mol. The quantitative estimate of drug-likeness (QED) is 0.456. The average Bonchev–Trinajstić information content (AvgIpc) is 3.35. The number of nitrogens with zero attached hydrogens (tertiary/aromatic N) is 4. The molecule has 1 N–H and O–H groups in total. The van der Waals surface area contributed by atoms with Gasteiger partial charge >= 0.3 is 0 Å². The van der Waals surface area contributed by atoms with Crippen molar-refractivity contribution < 1.29 is 9.53 Å². The lowest BCUT2D eigenvalue weighted by molar-refractivity contribution is -0.118. The van der Waals surface area contributed by atoms with E-state index in [-0.39, 0.29) is 12.5 Å². The Balaban J connectivity index is 1.42. The molecular formula is C22H23N5O2S. The maximum absolute atomic E-state index is 12.3. The number of fused-ring (bicyclic) bond motifs is 1. The molecule has 4 aromatic rings. The molecule has 30 heavy (non-hydrogen) atoms. The maximum atomic E-state index is 12.3. The molecule has 0 saturated heterocycles. The number of carbonyl (C=O) groups excluding carboxylic acids is 1. The number of anilines is 1. The normalized spacial score (nSPS) is 11.0.